The smallest absolute Gasteiger partial charge is 0.234 e. The molecule has 1 N–H and O–H groups in total. The summed E-state index contributed by atoms with van der Waals surface area (Å²) in [4.78, 5) is 12.7. The van der Waals surface area contributed by atoms with Crippen molar-refractivity contribution in [3.63, 3.8) is 0 Å². The van der Waals surface area contributed by atoms with E-state index in [1.807, 2.05) is 48.7 Å². The summed E-state index contributed by atoms with van der Waals surface area (Å²) < 4.78 is 7.84. The summed E-state index contributed by atoms with van der Waals surface area (Å²) in [6, 6.07) is 14.1. The fraction of sp³-hybridized carbons (Fsp3) is 0.375. The quantitative estimate of drug-likeness (QED) is 0.449. The maximum absolute atomic E-state index is 12.7. The summed E-state index contributed by atoms with van der Waals surface area (Å²) in [5.41, 5.74) is 4.45. The van der Waals surface area contributed by atoms with E-state index < -0.39 is 0 Å². The van der Waals surface area contributed by atoms with Gasteiger partial charge >= 0.3 is 0 Å². The molecule has 0 spiro atoms. The molecule has 164 valence electrons. The molecule has 0 unspecified atom stereocenters. The summed E-state index contributed by atoms with van der Waals surface area (Å²) in [6.07, 6.45) is 1.76. The molecule has 3 rings (SSSR count). The molecule has 0 saturated heterocycles. The molecule has 0 aliphatic carbocycles. The Labute approximate surface area is 188 Å². The average molecular weight is 439 g/mol. The van der Waals surface area contributed by atoms with Gasteiger partial charge in [0.05, 0.1) is 5.75 Å². The Hall–Kier alpha value is -2.80. The Morgan fingerprint density at radius 3 is 2.32 bits per heavy atom. The summed E-state index contributed by atoms with van der Waals surface area (Å²) in [7, 11) is 0. The van der Waals surface area contributed by atoms with E-state index in [1.54, 1.807) is 0 Å². The standard InChI is InChI=1S/C24H30N4O2S/c1-5-18-9-8-10-19(6-2)23(18)25-22(29)16-31-24-27-26-21(28(24)7-3)15-30-20-13-11-17(4)12-14-20/h8-14H,5-7,15-16H2,1-4H3,(H,25,29). The molecule has 0 fully saturated rings. The molecule has 0 radical (unpaired) electrons. The number of anilines is 1. The van der Waals surface area contributed by atoms with Crippen molar-refractivity contribution < 1.29 is 9.53 Å². The molecular weight excluding hydrogens is 408 g/mol. The number of hydrogen-bond acceptors (Lipinski definition) is 5. The average Bonchev–Trinajstić information content (AvgIpc) is 3.19. The van der Waals surface area contributed by atoms with Crippen LogP contribution in [-0.4, -0.2) is 26.4 Å². The molecule has 1 heterocycles. The first-order valence-corrected chi connectivity index (χ1v) is 11.7. The monoisotopic (exact) mass is 438 g/mol. The van der Waals surface area contributed by atoms with Crippen LogP contribution in [0.5, 0.6) is 5.75 Å². The van der Waals surface area contributed by atoms with E-state index in [9.17, 15) is 4.79 Å². The number of amides is 1. The van der Waals surface area contributed by atoms with Crippen LogP contribution < -0.4 is 10.1 Å². The summed E-state index contributed by atoms with van der Waals surface area (Å²) in [5.74, 6) is 1.78. The van der Waals surface area contributed by atoms with Gasteiger partial charge in [0, 0.05) is 12.2 Å². The summed E-state index contributed by atoms with van der Waals surface area (Å²) in [5, 5.41) is 12.4. The van der Waals surface area contributed by atoms with Crippen LogP contribution in [-0.2, 0) is 30.8 Å². The number of para-hydroxylation sites is 1. The second kappa shape index (κ2) is 11.0. The van der Waals surface area contributed by atoms with Gasteiger partial charge in [0.15, 0.2) is 11.0 Å². The number of benzene rings is 2. The second-order valence-corrected chi connectivity index (χ2v) is 8.18. The van der Waals surface area contributed by atoms with E-state index in [2.05, 4.69) is 41.5 Å². The molecule has 7 heteroatoms. The fourth-order valence-electron chi connectivity index (χ4n) is 3.34. The van der Waals surface area contributed by atoms with Crippen molar-refractivity contribution in [3.05, 3.63) is 65.0 Å². The highest BCUT2D eigenvalue weighted by atomic mass is 32.2. The molecule has 1 amide bonds. The molecule has 3 aromatic rings. The number of carbonyl (C=O) groups is 1. The molecule has 0 saturated carbocycles. The van der Waals surface area contributed by atoms with E-state index >= 15 is 0 Å². The number of nitrogens with one attached hydrogen (secondary N) is 1. The van der Waals surface area contributed by atoms with Crippen molar-refractivity contribution in [1.82, 2.24) is 14.8 Å². The van der Waals surface area contributed by atoms with Crippen molar-refractivity contribution in [3.8, 4) is 5.75 Å². The minimum atomic E-state index is -0.0382. The third-order valence-electron chi connectivity index (χ3n) is 5.09. The SMILES string of the molecule is CCc1cccc(CC)c1NC(=O)CSc1nnc(COc2ccc(C)cc2)n1CC. The molecule has 0 bridgehead atoms. The normalized spacial score (nSPS) is 10.8. The maximum Gasteiger partial charge on any atom is 0.234 e. The largest absolute Gasteiger partial charge is 0.486 e. The molecule has 31 heavy (non-hydrogen) atoms. The van der Waals surface area contributed by atoms with Gasteiger partial charge in [-0.2, -0.15) is 0 Å². The molecule has 0 aliphatic rings. The van der Waals surface area contributed by atoms with Crippen LogP contribution in [0.15, 0.2) is 47.6 Å². The number of aromatic nitrogens is 3. The molecule has 1 aromatic heterocycles. The maximum atomic E-state index is 12.7. The number of carbonyl (C=O) groups excluding carboxylic acids is 1. The Morgan fingerprint density at radius 2 is 1.71 bits per heavy atom. The van der Waals surface area contributed by atoms with Gasteiger partial charge in [-0.3, -0.25) is 4.79 Å². The van der Waals surface area contributed by atoms with Crippen molar-refractivity contribution in [2.24, 2.45) is 0 Å². The van der Waals surface area contributed by atoms with Crippen LogP contribution in [0, 0.1) is 6.92 Å². The number of aryl methyl sites for hydroxylation is 3. The van der Waals surface area contributed by atoms with Crippen molar-refractivity contribution >= 4 is 23.4 Å². The predicted octanol–water partition coefficient (Wildman–Crippen LogP) is 5.04. The van der Waals surface area contributed by atoms with Crippen molar-refractivity contribution in [2.45, 2.75) is 58.8 Å². The Bertz CT molecular complexity index is 993. The van der Waals surface area contributed by atoms with Gasteiger partial charge in [-0.25, -0.2) is 0 Å². The lowest BCUT2D eigenvalue weighted by atomic mass is 10.0. The van der Waals surface area contributed by atoms with E-state index in [-0.39, 0.29) is 11.7 Å². The van der Waals surface area contributed by atoms with Gasteiger partial charge in [-0.15, -0.1) is 10.2 Å². The second-order valence-electron chi connectivity index (χ2n) is 7.24. The number of nitrogens with zero attached hydrogens (tertiary/aromatic N) is 3. The summed E-state index contributed by atoms with van der Waals surface area (Å²) >= 11 is 1.39. The summed E-state index contributed by atoms with van der Waals surface area (Å²) in [6.45, 7) is 9.32. The topological polar surface area (TPSA) is 69.0 Å². The first-order chi connectivity index (χ1) is 15.0. The lowest BCUT2D eigenvalue weighted by Gasteiger charge is -2.14. The van der Waals surface area contributed by atoms with Gasteiger partial charge in [0.1, 0.15) is 12.4 Å². The minimum absolute atomic E-state index is 0.0382. The van der Waals surface area contributed by atoms with Crippen LogP contribution in [0.25, 0.3) is 0 Å². The number of thioether (sulfide) groups is 1. The van der Waals surface area contributed by atoms with Crippen molar-refractivity contribution in [2.75, 3.05) is 11.1 Å². The molecule has 0 aliphatic heterocycles. The van der Waals surface area contributed by atoms with Crippen LogP contribution in [0.3, 0.4) is 0 Å². The Balaban J connectivity index is 1.62. The Kier molecular flexibility index (Phi) is 8.12. The van der Waals surface area contributed by atoms with Gasteiger partial charge in [0.25, 0.3) is 0 Å². The number of rotatable bonds is 10. The number of ether oxygens (including phenoxy) is 1. The Morgan fingerprint density at radius 1 is 1.03 bits per heavy atom. The zero-order valence-corrected chi connectivity index (χ0v) is 19.5. The van der Waals surface area contributed by atoms with E-state index in [0.29, 0.717) is 13.2 Å². The zero-order chi connectivity index (χ0) is 22.2. The van der Waals surface area contributed by atoms with Crippen LogP contribution in [0.4, 0.5) is 5.69 Å². The van der Waals surface area contributed by atoms with Gasteiger partial charge < -0.3 is 14.6 Å². The molecule has 0 atom stereocenters. The van der Waals surface area contributed by atoms with Crippen LogP contribution >= 0.6 is 11.8 Å². The van der Waals surface area contributed by atoms with Gasteiger partial charge in [0.2, 0.25) is 5.91 Å². The van der Waals surface area contributed by atoms with E-state index in [0.717, 1.165) is 46.4 Å². The molecule has 2 aromatic carbocycles. The highest BCUT2D eigenvalue weighted by Crippen LogP contribution is 2.24. The number of hydrogen-bond donors (Lipinski definition) is 1. The highest BCUT2D eigenvalue weighted by Gasteiger charge is 2.15. The lowest BCUT2D eigenvalue weighted by molar-refractivity contribution is -0.113. The third kappa shape index (κ3) is 5.88. The van der Waals surface area contributed by atoms with Gasteiger partial charge in [-0.05, 0) is 49.9 Å². The minimum Gasteiger partial charge on any atom is -0.486 e. The molecule has 6 nitrogen and oxygen atoms in total. The van der Waals surface area contributed by atoms with Crippen LogP contribution in [0.1, 0.15) is 43.3 Å². The van der Waals surface area contributed by atoms with E-state index in [1.165, 1.54) is 17.3 Å². The van der Waals surface area contributed by atoms with E-state index in [4.69, 9.17) is 4.74 Å². The van der Waals surface area contributed by atoms with Crippen LogP contribution in [0.2, 0.25) is 0 Å². The van der Waals surface area contributed by atoms with Gasteiger partial charge in [-0.1, -0.05) is 61.5 Å². The van der Waals surface area contributed by atoms with Crippen molar-refractivity contribution in [1.29, 1.82) is 0 Å². The first kappa shape index (κ1) is 22.9. The first-order valence-electron chi connectivity index (χ1n) is 10.7. The highest BCUT2D eigenvalue weighted by molar-refractivity contribution is 7.99. The fourth-order valence-corrected chi connectivity index (χ4v) is 4.16. The predicted molar refractivity (Wildman–Crippen MR) is 126 cm³/mol. The zero-order valence-electron chi connectivity index (χ0n) is 18.6. The lowest BCUT2D eigenvalue weighted by Crippen LogP contribution is -2.17. The molecular formula is C24H30N4O2S. The third-order valence-corrected chi connectivity index (χ3v) is 6.06.